The largest absolute Gasteiger partial charge is 0.369 e. The van der Waals surface area contributed by atoms with Crippen LogP contribution in [-0.2, 0) is 6.54 Å². The molecule has 1 N–H and O–H groups in total. The smallest absolute Gasteiger partial charge is 0.0397 e. The fourth-order valence-electron chi connectivity index (χ4n) is 2.27. The van der Waals surface area contributed by atoms with E-state index in [0.717, 1.165) is 19.5 Å². The third-order valence-electron chi connectivity index (χ3n) is 4.28. The van der Waals surface area contributed by atoms with E-state index in [1.54, 1.807) is 0 Å². The Morgan fingerprint density at radius 2 is 1.90 bits per heavy atom. The molecular weight excluding hydrogens is 244 g/mol. The van der Waals surface area contributed by atoms with Gasteiger partial charge in [-0.1, -0.05) is 32.9 Å². The Morgan fingerprint density at radius 3 is 2.40 bits per heavy atom. The Kier molecular flexibility index (Phi) is 6.07. The van der Waals surface area contributed by atoms with Crippen LogP contribution in [0.2, 0.25) is 0 Å². The molecule has 0 aliphatic rings. The first-order chi connectivity index (χ1) is 9.27. The number of nitrogens with zero attached hydrogens (tertiary/aromatic N) is 1. The highest BCUT2D eigenvalue weighted by Crippen LogP contribution is 2.28. The van der Waals surface area contributed by atoms with Gasteiger partial charge in [0.1, 0.15) is 0 Å². The fraction of sp³-hybridized carbons (Fsp3) is 0.667. The van der Waals surface area contributed by atoms with Gasteiger partial charge in [0.25, 0.3) is 0 Å². The molecule has 0 atom stereocenters. The number of rotatable bonds is 7. The number of benzene rings is 1. The average molecular weight is 276 g/mol. The van der Waals surface area contributed by atoms with Gasteiger partial charge in [0.15, 0.2) is 0 Å². The monoisotopic (exact) mass is 276 g/mol. The molecule has 1 aromatic rings. The van der Waals surface area contributed by atoms with E-state index in [2.05, 4.69) is 77.0 Å². The van der Waals surface area contributed by atoms with Crippen molar-refractivity contribution in [3.63, 3.8) is 0 Å². The van der Waals surface area contributed by atoms with E-state index in [1.165, 1.54) is 16.8 Å². The number of hydrogen-bond acceptors (Lipinski definition) is 2. The first-order valence-corrected chi connectivity index (χ1v) is 7.82. The summed E-state index contributed by atoms with van der Waals surface area (Å²) in [5.41, 5.74) is 4.26. The van der Waals surface area contributed by atoms with Gasteiger partial charge in [0.05, 0.1) is 0 Å². The number of aryl methyl sites for hydroxylation is 1. The third-order valence-corrected chi connectivity index (χ3v) is 4.28. The second-order valence-corrected chi connectivity index (χ2v) is 6.87. The lowest BCUT2D eigenvalue weighted by Crippen LogP contribution is -2.40. The molecule has 20 heavy (non-hydrogen) atoms. The minimum atomic E-state index is 0.197. The van der Waals surface area contributed by atoms with Crippen molar-refractivity contribution in [3.8, 4) is 0 Å². The zero-order chi connectivity index (χ0) is 15.3. The van der Waals surface area contributed by atoms with Crippen LogP contribution in [0.1, 0.15) is 52.2 Å². The van der Waals surface area contributed by atoms with E-state index >= 15 is 0 Å². The highest BCUT2D eigenvalue weighted by molar-refractivity contribution is 5.55. The van der Waals surface area contributed by atoms with Gasteiger partial charge in [-0.05, 0) is 56.8 Å². The molecule has 0 amide bonds. The molecule has 0 saturated heterocycles. The lowest BCUT2D eigenvalue weighted by Gasteiger charge is -2.37. The van der Waals surface area contributed by atoms with Crippen molar-refractivity contribution in [1.82, 2.24) is 5.32 Å². The number of nitrogens with one attached hydrogen (secondary N) is 1. The molecular formula is C18H32N2. The first kappa shape index (κ1) is 17.0. The lowest BCUT2D eigenvalue weighted by atomic mass is 9.97. The van der Waals surface area contributed by atoms with Crippen LogP contribution >= 0.6 is 0 Å². The van der Waals surface area contributed by atoms with E-state index in [-0.39, 0.29) is 5.54 Å². The SMILES string of the molecule is CCC(C)(C)N(C)c1ccc(CNCC(C)C)cc1C. The van der Waals surface area contributed by atoms with E-state index in [9.17, 15) is 0 Å². The summed E-state index contributed by atoms with van der Waals surface area (Å²) in [4.78, 5) is 2.40. The molecule has 0 aliphatic carbocycles. The average Bonchev–Trinajstić information content (AvgIpc) is 2.37. The molecule has 2 nitrogen and oxygen atoms in total. The van der Waals surface area contributed by atoms with Crippen molar-refractivity contribution in [1.29, 1.82) is 0 Å². The Balaban J connectivity index is 2.78. The Morgan fingerprint density at radius 1 is 1.25 bits per heavy atom. The molecule has 0 spiro atoms. The summed E-state index contributed by atoms with van der Waals surface area (Å²) in [6.45, 7) is 15.6. The summed E-state index contributed by atoms with van der Waals surface area (Å²) >= 11 is 0. The van der Waals surface area contributed by atoms with Gasteiger partial charge < -0.3 is 10.2 Å². The molecule has 0 radical (unpaired) electrons. The summed E-state index contributed by atoms with van der Waals surface area (Å²) in [7, 11) is 2.20. The first-order valence-electron chi connectivity index (χ1n) is 7.82. The van der Waals surface area contributed by atoms with Gasteiger partial charge in [0, 0.05) is 24.8 Å². The van der Waals surface area contributed by atoms with Gasteiger partial charge in [-0.2, -0.15) is 0 Å². The van der Waals surface area contributed by atoms with Crippen molar-refractivity contribution in [2.45, 2.75) is 60.0 Å². The second-order valence-electron chi connectivity index (χ2n) is 6.87. The Bertz CT molecular complexity index is 421. The van der Waals surface area contributed by atoms with Crippen molar-refractivity contribution in [2.24, 2.45) is 5.92 Å². The minimum Gasteiger partial charge on any atom is -0.369 e. The van der Waals surface area contributed by atoms with E-state index in [4.69, 9.17) is 0 Å². The van der Waals surface area contributed by atoms with Crippen molar-refractivity contribution < 1.29 is 0 Å². The predicted molar refractivity (Wildman–Crippen MR) is 90.5 cm³/mol. The summed E-state index contributed by atoms with van der Waals surface area (Å²) in [6, 6.07) is 6.82. The second kappa shape index (κ2) is 7.12. The normalized spacial score (nSPS) is 12.0. The van der Waals surface area contributed by atoms with Crippen molar-refractivity contribution in [3.05, 3.63) is 29.3 Å². The summed E-state index contributed by atoms with van der Waals surface area (Å²) in [6.07, 6.45) is 1.14. The van der Waals surface area contributed by atoms with Crippen LogP contribution in [0.3, 0.4) is 0 Å². The molecule has 0 aliphatic heterocycles. The van der Waals surface area contributed by atoms with Crippen LogP contribution in [0.4, 0.5) is 5.69 Å². The molecule has 0 aromatic heterocycles. The minimum absolute atomic E-state index is 0.197. The van der Waals surface area contributed by atoms with E-state index in [1.807, 2.05) is 0 Å². The Hall–Kier alpha value is -1.02. The Labute approximate surface area is 125 Å². The molecule has 2 heteroatoms. The molecule has 0 saturated carbocycles. The predicted octanol–water partition coefficient (Wildman–Crippen LogP) is 4.37. The van der Waals surface area contributed by atoms with Gasteiger partial charge in [-0.25, -0.2) is 0 Å². The summed E-state index contributed by atoms with van der Waals surface area (Å²) < 4.78 is 0. The maximum absolute atomic E-state index is 3.50. The van der Waals surface area contributed by atoms with E-state index < -0.39 is 0 Å². The maximum atomic E-state index is 3.50. The summed E-state index contributed by atoms with van der Waals surface area (Å²) in [5.74, 6) is 0.701. The molecule has 0 bridgehead atoms. The maximum Gasteiger partial charge on any atom is 0.0397 e. The zero-order valence-electron chi connectivity index (χ0n) is 14.4. The molecule has 0 unspecified atom stereocenters. The highest BCUT2D eigenvalue weighted by Gasteiger charge is 2.22. The van der Waals surface area contributed by atoms with Gasteiger partial charge in [-0.3, -0.25) is 0 Å². The molecule has 0 heterocycles. The summed E-state index contributed by atoms with van der Waals surface area (Å²) in [5, 5.41) is 3.50. The lowest BCUT2D eigenvalue weighted by molar-refractivity contribution is 0.470. The topological polar surface area (TPSA) is 15.3 Å². The van der Waals surface area contributed by atoms with Crippen LogP contribution < -0.4 is 10.2 Å². The van der Waals surface area contributed by atoms with Crippen LogP contribution in [0.25, 0.3) is 0 Å². The van der Waals surface area contributed by atoms with Gasteiger partial charge in [0.2, 0.25) is 0 Å². The third kappa shape index (κ3) is 4.52. The van der Waals surface area contributed by atoms with Gasteiger partial charge >= 0.3 is 0 Å². The number of anilines is 1. The van der Waals surface area contributed by atoms with Crippen LogP contribution in [0, 0.1) is 12.8 Å². The molecule has 1 aromatic carbocycles. The van der Waals surface area contributed by atoms with Crippen LogP contribution in [0.15, 0.2) is 18.2 Å². The molecule has 1 rings (SSSR count). The standard InChI is InChI=1S/C18H32N2/c1-8-18(5,6)20(7)17-10-9-16(11-15(17)4)13-19-12-14(2)3/h9-11,14,19H,8,12-13H2,1-7H3. The highest BCUT2D eigenvalue weighted by atomic mass is 15.2. The van der Waals surface area contributed by atoms with Crippen molar-refractivity contribution >= 4 is 5.69 Å². The molecule has 114 valence electrons. The molecule has 0 fully saturated rings. The van der Waals surface area contributed by atoms with Crippen LogP contribution in [-0.4, -0.2) is 19.1 Å². The van der Waals surface area contributed by atoms with E-state index in [0.29, 0.717) is 5.92 Å². The van der Waals surface area contributed by atoms with Crippen molar-refractivity contribution in [2.75, 3.05) is 18.5 Å². The number of hydrogen-bond donors (Lipinski definition) is 1. The fourth-order valence-corrected chi connectivity index (χ4v) is 2.27. The zero-order valence-corrected chi connectivity index (χ0v) is 14.4. The van der Waals surface area contributed by atoms with Crippen LogP contribution in [0.5, 0.6) is 0 Å². The quantitative estimate of drug-likeness (QED) is 0.795. The van der Waals surface area contributed by atoms with Gasteiger partial charge in [-0.15, -0.1) is 0 Å².